The number of aromatic amines is 1. The van der Waals surface area contributed by atoms with Gasteiger partial charge in [-0.25, -0.2) is 4.79 Å². The second kappa shape index (κ2) is 8.02. The van der Waals surface area contributed by atoms with Crippen LogP contribution in [0.2, 0.25) is 5.02 Å². The molecule has 124 valence electrons. The molecule has 0 aliphatic carbocycles. The fraction of sp³-hybridized carbons (Fsp3) is 0.357. The summed E-state index contributed by atoms with van der Waals surface area (Å²) in [5, 5.41) is 22.4. The number of nitrogens with one attached hydrogen (secondary N) is 1. The fourth-order valence-electron chi connectivity index (χ4n) is 1.81. The molecule has 8 nitrogen and oxygen atoms in total. The van der Waals surface area contributed by atoms with Crippen molar-refractivity contribution in [3.63, 3.8) is 0 Å². The Labute approximate surface area is 135 Å². The summed E-state index contributed by atoms with van der Waals surface area (Å²) in [6.07, 6.45) is -0.605. The van der Waals surface area contributed by atoms with Crippen molar-refractivity contribution in [3.05, 3.63) is 61.4 Å². The average molecular weight is 342 g/mol. The zero-order valence-electron chi connectivity index (χ0n) is 12.1. The summed E-state index contributed by atoms with van der Waals surface area (Å²) < 4.78 is 6.05. The fourth-order valence-corrected chi connectivity index (χ4v) is 1.93. The molecule has 1 aromatic heterocycles. The van der Waals surface area contributed by atoms with Crippen LogP contribution in [0, 0.1) is 0 Å². The van der Waals surface area contributed by atoms with Crippen LogP contribution in [0.25, 0.3) is 0 Å². The maximum absolute atomic E-state index is 11.8. The van der Waals surface area contributed by atoms with Gasteiger partial charge in [-0.05, 0) is 17.7 Å². The van der Waals surface area contributed by atoms with Crippen molar-refractivity contribution in [2.24, 2.45) is 0 Å². The van der Waals surface area contributed by atoms with Crippen LogP contribution in [0.1, 0.15) is 11.3 Å². The highest BCUT2D eigenvalue weighted by molar-refractivity contribution is 6.30. The second-order valence-corrected chi connectivity index (χ2v) is 5.23. The molecule has 0 fully saturated rings. The number of benzene rings is 1. The number of aliphatic hydroxyl groups excluding tert-OH is 2. The third-order valence-corrected chi connectivity index (χ3v) is 3.34. The molecule has 0 bridgehead atoms. The molecule has 0 spiro atoms. The first-order valence-electron chi connectivity index (χ1n) is 6.81. The van der Waals surface area contributed by atoms with Crippen LogP contribution in [0.3, 0.4) is 0 Å². The lowest BCUT2D eigenvalue weighted by molar-refractivity contribution is -0.0556. The molecule has 1 aromatic carbocycles. The highest BCUT2D eigenvalue weighted by Crippen LogP contribution is 2.11. The summed E-state index contributed by atoms with van der Waals surface area (Å²) in [5.41, 5.74) is -0.367. The lowest BCUT2D eigenvalue weighted by Gasteiger charge is -2.13. The normalized spacial score (nSPS) is 11.1. The Kier molecular flexibility index (Phi) is 6.05. The van der Waals surface area contributed by atoms with Crippen molar-refractivity contribution in [3.8, 4) is 0 Å². The first kappa shape index (κ1) is 17.4. The van der Waals surface area contributed by atoms with Crippen molar-refractivity contribution in [1.82, 2.24) is 14.8 Å². The Morgan fingerprint density at radius 3 is 2.48 bits per heavy atom. The SMILES string of the molecule is O=c1[nH]c(=O)n(COC(CO)CO)nc1Cc1ccc(Cl)cc1. The van der Waals surface area contributed by atoms with E-state index in [2.05, 4.69) is 10.1 Å². The number of aliphatic hydroxyl groups is 2. The summed E-state index contributed by atoms with van der Waals surface area (Å²) in [5.74, 6) is 0. The quantitative estimate of drug-likeness (QED) is 0.625. The van der Waals surface area contributed by atoms with Gasteiger partial charge in [0, 0.05) is 11.4 Å². The molecule has 23 heavy (non-hydrogen) atoms. The van der Waals surface area contributed by atoms with E-state index in [0.717, 1.165) is 10.2 Å². The van der Waals surface area contributed by atoms with Gasteiger partial charge in [0.15, 0.2) is 0 Å². The Balaban J connectivity index is 2.20. The van der Waals surface area contributed by atoms with Crippen LogP contribution in [0.5, 0.6) is 0 Å². The van der Waals surface area contributed by atoms with Gasteiger partial charge < -0.3 is 14.9 Å². The van der Waals surface area contributed by atoms with E-state index < -0.39 is 30.6 Å². The van der Waals surface area contributed by atoms with Crippen LogP contribution < -0.4 is 11.2 Å². The summed E-state index contributed by atoms with van der Waals surface area (Å²) in [7, 11) is 0. The molecule has 0 radical (unpaired) electrons. The maximum atomic E-state index is 11.8. The van der Waals surface area contributed by atoms with Crippen LogP contribution in [-0.4, -0.2) is 44.3 Å². The highest BCUT2D eigenvalue weighted by Gasteiger charge is 2.11. The predicted octanol–water partition coefficient (Wildman–Crippen LogP) is -0.497. The number of hydrogen-bond acceptors (Lipinski definition) is 6. The Hall–Kier alpha value is -2.00. The number of nitrogens with zero attached hydrogens (tertiary/aromatic N) is 2. The molecule has 0 aliphatic rings. The van der Waals surface area contributed by atoms with E-state index in [1.165, 1.54) is 0 Å². The molecular formula is C14H16ClN3O5. The maximum Gasteiger partial charge on any atom is 0.346 e. The average Bonchev–Trinajstić information content (AvgIpc) is 2.54. The molecule has 2 rings (SSSR count). The number of ether oxygens (including phenoxy) is 1. The highest BCUT2D eigenvalue weighted by atomic mass is 35.5. The minimum atomic E-state index is -0.824. The summed E-state index contributed by atoms with van der Waals surface area (Å²) in [4.78, 5) is 25.7. The first-order valence-corrected chi connectivity index (χ1v) is 7.19. The van der Waals surface area contributed by atoms with E-state index in [1.807, 2.05) is 0 Å². The van der Waals surface area contributed by atoms with Gasteiger partial charge in [0.2, 0.25) is 0 Å². The van der Waals surface area contributed by atoms with E-state index in [0.29, 0.717) is 5.02 Å². The number of hydrogen-bond donors (Lipinski definition) is 3. The van der Waals surface area contributed by atoms with Gasteiger partial charge in [-0.2, -0.15) is 9.78 Å². The molecule has 1 heterocycles. The molecule has 0 aliphatic heterocycles. The lowest BCUT2D eigenvalue weighted by Crippen LogP contribution is -2.37. The van der Waals surface area contributed by atoms with E-state index in [-0.39, 0.29) is 18.8 Å². The van der Waals surface area contributed by atoms with E-state index >= 15 is 0 Å². The van der Waals surface area contributed by atoms with Gasteiger partial charge in [-0.3, -0.25) is 9.78 Å². The van der Waals surface area contributed by atoms with Crippen molar-refractivity contribution >= 4 is 11.6 Å². The summed E-state index contributed by atoms with van der Waals surface area (Å²) >= 11 is 5.80. The Bertz CT molecular complexity index is 752. The van der Waals surface area contributed by atoms with Gasteiger partial charge in [-0.15, -0.1) is 0 Å². The molecular weight excluding hydrogens is 326 g/mol. The third-order valence-electron chi connectivity index (χ3n) is 3.08. The van der Waals surface area contributed by atoms with Crippen molar-refractivity contribution in [2.45, 2.75) is 19.3 Å². The molecule has 0 unspecified atom stereocenters. The predicted molar refractivity (Wildman–Crippen MR) is 82.4 cm³/mol. The van der Waals surface area contributed by atoms with E-state index in [4.69, 9.17) is 26.6 Å². The van der Waals surface area contributed by atoms with Crippen LogP contribution in [0.4, 0.5) is 0 Å². The minimum Gasteiger partial charge on any atom is -0.394 e. The van der Waals surface area contributed by atoms with Gasteiger partial charge in [0.1, 0.15) is 18.5 Å². The minimum absolute atomic E-state index is 0.139. The molecule has 2 aromatic rings. The number of aromatic nitrogens is 3. The number of halogens is 1. The zero-order chi connectivity index (χ0) is 16.8. The van der Waals surface area contributed by atoms with Gasteiger partial charge in [-0.1, -0.05) is 23.7 Å². The van der Waals surface area contributed by atoms with E-state index in [9.17, 15) is 9.59 Å². The molecule has 0 atom stereocenters. The standard InChI is InChI=1S/C14H16ClN3O5/c15-10-3-1-9(2-4-10)5-12-13(21)16-14(22)18(17-12)8-23-11(6-19)7-20/h1-4,11,19-20H,5-8H2,(H,16,21,22). The van der Waals surface area contributed by atoms with Crippen molar-refractivity contribution < 1.29 is 14.9 Å². The molecule has 3 N–H and O–H groups in total. The first-order chi connectivity index (χ1) is 11.0. The molecule has 0 saturated heterocycles. The Morgan fingerprint density at radius 1 is 1.22 bits per heavy atom. The van der Waals surface area contributed by atoms with Gasteiger partial charge >= 0.3 is 5.69 Å². The van der Waals surface area contributed by atoms with Crippen molar-refractivity contribution in [1.29, 1.82) is 0 Å². The largest absolute Gasteiger partial charge is 0.394 e. The van der Waals surface area contributed by atoms with E-state index in [1.54, 1.807) is 24.3 Å². The molecule has 0 amide bonds. The number of H-pyrrole nitrogens is 1. The van der Waals surface area contributed by atoms with Crippen LogP contribution in [0.15, 0.2) is 33.9 Å². The van der Waals surface area contributed by atoms with Gasteiger partial charge in [0.05, 0.1) is 13.2 Å². The monoisotopic (exact) mass is 341 g/mol. The second-order valence-electron chi connectivity index (χ2n) is 4.79. The lowest BCUT2D eigenvalue weighted by atomic mass is 10.1. The molecule has 0 saturated carbocycles. The Morgan fingerprint density at radius 2 is 1.87 bits per heavy atom. The van der Waals surface area contributed by atoms with Crippen LogP contribution in [-0.2, 0) is 17.9 Å². The number of rotatable bonds is 7. The summed E-state index contributed by atoms with van der Waals surface area (Å²) in [6, 6.07) is 6.89. The topological polar surface area (TPSA) is 117 Å². The van der Waals surface area contributed by atoms with Gasteiger partial charge in [0.25, 0.3) is 5.56 Å². The smallest absolute Gasteiger partial charge is 0.346 e. The summed E-state index contributed by atoms with van der Waals surface area (Å²) in [6.45, 7) is -1.09. The zero-order valence-corrected chi connectivity index (χ0v) is 12.9. The molecule has 9 heteroatoms. The third kappa shape index (κ3) is 4.73. The van der Waals surface area contributed by atoms with Crippen LogP contribution >= 0.6 is 11.6 Å². The van der Waals surface area contributed by atoms with Crippen molar-refractivity contribution in [2.75, 3.05) is 13.2 Å².